The Kier molecular flexibility index (Phi) is 6.28. The number of aliphatic carboxylic acids is 1. The third-order valence-electron chi connectivity index (χ3n) is 6.74. The van der Waals surface area contributed by atoms with Crippen molar-refractivity contribution in [2.24, 2.45) is 0 Å². The van der Waals surface area contributed by atoms with Gasteiger partial charge >= 0.3 is 5.97 Å². The van der Waals surface area contributed by atoms with Gasteiger partial charge in [0.2, 0.25) is 0 Å². The Morgan fingerprint density at radius 1 is 1.06 bits per heavy atom. The van der Waals surface area contributed by atoms with Crippen LogP contribution in [-0.4, -0.2) is 24.7 Å². The van der Waals surface area contributed by atoms with Crippen molar-refractivity contribution in [1.82, 2.24) is 0 Å². The first-order chi connectivity index (χ1) is 15.8. The molecule has 0 fully saturated rings. The second-order valence-electron chi connectivity index (χ2n) is 9.04. The van der Waals surface area contributed by atoms with E-state index < -0.39 is 5.97 Å². The number of benzene rings is 3. The van der Waals surface area contributed by atoms with E-state index in [1.165, 1.54) is 28.5 Å². The molecule has 1 N–H and O–H groups in total. The van der Waals surface area contributed by atoms with Crippen molar-refractivity contribution >= 4 is 17.7 Å². The minimum absolute atomic E-state index is 0.381. The van der Waals surface area contributed by atoms with E-state index in [4.69, 9.17) is 9.84 Å². The van der Waals surface area contributed by atoms with Crippen molar-refractivity contribution < 1.29 is 14.6 Å². The second-order valence-corrected chi connectivity index (χ2v) is 9.04. The van der Waals surface area contributed by atoms with E-state index in [-0.39, 0.29) is 5.54 Å². The van der Waals surface area contributed by atoms with Crippen molar-refractivity contribution in [2.75, 3.05) is 18.6 Å². The molecule has 0 spiro atoms. The number of carboxylic acids is 1. The highest BCUT2D eigenvalue weighted by atomic mass is 16.5. The van der Waals surface area contributed by atoms with Crippen LogP contribution >= 0.6 is 0 Å². The first-order valence-electron chi connectivity index (χ1n) is 11.4. The molecule has 0 radical (unpaired) electrons. The third-order valence-corrected chi connectivity index (χ3v) is 6.74. The smallest absolute Gasteiger partial charge is 0.328 e. The largest absolute Gasteiger partial charge is 0.497 e. The molecule has 1 aliphatic heterocycles. The average molecular weight is 442 g/mol. The summed E-state index contributed by atoms with van der Waals surface area (Å²) in [6.45, 7) is 7.59. The van der Waals surface area contributed by atoms with Crippen LogP contribution in [0, 0.1) is 0 Å². The fourth-order valence-electron chi connectivity index (χ4n) is 4.80. The molecule has 170 valence electrons. The molecular weight excluding hydrogens is 410 g/mol. The number of rotatable bonds is 6. The van der Waals surface area contributed by atoms with E-state index in [1.54, 1.807) is 13.2 Å². The number of methoxy groups -OCH3 is 1. The fraction of sp³-hybridized carbons (Fsp3) is 0.276. The van der Waals surface area contributed by atoms with Gasteiger partial charge in [-0.2, -0.15) is 0 Å². The van der Waals surface area contributed by atoms with Gasteiger partial charge in [0.05, 0.1) is 12.6 Å². The van der Waals surface area contributed by atoms with Crippen LogP contribution in [0.2, 0.25) is 0 Å². The molecule has 1 atom stereocenters. The molecule has 3 aromatic carbocycles. The molecular formula is C29H31NO3. The molecule has 33 heavy (non-hydrogen) atoms. The molecule has 1 heterocycles. The molecule has 0 saturated heterocycles. The minimum atomic E-state index is -0.947. The maximum atomic E-state index is 10.9. The predicted molar refractivity (Wildman–Crippen MR) is 134 cm³/mol. The van der Waals surface area contributed by atoms with Gasteiger partial charge in [0.1, 0.15) is 5.75 Å². The molecule has 0 saturated carbocycles. The van der Waals surface area contributed by atoms with Crippen LogP contribution in [-0.2, 0) is 16.8 Å². The predicted octanol–water partition coefficient (Wildman–Crippen LogP) is 6.24. The molecule has 1 aliphatic rings. The summed E-state index contributed by atoms with van der Waals surface area (Å²) in [5.41, 5.74) is 6.72. The summed E-state index contributed by atoms with van der Waals surface area (Å²) in [4.78, 5) is 13.4. The maximum absolute atomic E-state index is 10.9. The zero-order valence-corrected chi connectivity index (χ0v) is 19.7. The van der Waals surface area contributed by atoms with Crippen molar-refractivity contribution in [3.63, 3.8) is 0 Å². The fourth-order valence-corrected chi connectivity index (χ4v) is 4.80. The van der Waals surface area contributed by atoms with Crippen LogP contribution in [0.1, 0.15) is 54.5 Å². The van der Waals surface area contributed by atoms with Gasteiger partial charge in [0.15, 0.2) is 0 Å². The first-order valence-corrected chi connectivity index (χ1v) is 11.4. The summed E-state index contributed by atoms with van der Waals surface area (Å²) in [7, 11) is 1.70. The van der Waals surface area contributed by atoms with Crippen molar-refractivity contribution in [3.8, 4) is 5.75 Å². The summed E-state index contributed by atoms with van der Waals surface area (Å²) in [5.74, 6) is 0.420. The molecule has 0 aromatic heterocycles. The zero-order chi connectivity index (χ0) is 23.6. The van der Waals surface area contributed by atoms with Crippen molar-refractivity contribution in [2.45, 2.75) is 38.6 Å². The van der Waals surface area contributed by atoms with Gasteiger partial charge in [0.25, 0.3) is 0 Å². The van der Waals surface area contributed by atoms with E-state index in [0.717, 1.165) is 29.8 Å². The van der Waals surface area contributed by atoms with E-state index in [0.29, 0.717) is 5.92 Å². The van der Waals surface area contributed by atoms with E-state index in [2.05, 4.69) is 74.2 Å². The number of ether oxygens (including phenoxy) is 1. The van der Waals surface area contributed by atoms with Gasteiger partial charge in [-0.3, -0.25) is 0 Å². The maximum Gasteiger partial charge on any atom is 0.328 e. The third kappa shape index (κ3) is 4.38. The van der Waals surface area contributed by atoms with Crippen molar-refractivity contribution in [1.29, 1.82) is 0 Å². The normalized spacial score (nSPS) is 17.9. The van der Waals surface area contributed by atoms with Crippen LogP contribution in [0.4, 0.5) is 5.69 Å². The van der Waals surface area contributed by atoms with Gasteiger partial charge in [-0.05, 0) is 77.4 Å². The van der Waals surface area contributed by atoms with Gasteiger partial charge in [-0.1, -0.05) is 56.3 Å². The van der Waals surface area contributed by atoms with E-state index in [9.17, 15) is 4.79 Å². The Bertz CT molecular complexity index is 1160. The van der Waals surface area contributed by atoms with E-state index in [1.807, 2.05) is 18.2 Å². The molecule has 0 amide bonds. The summed E-state index contributed by atoms with van der Waals surface area (Å²) in [6, 6.07) is 23.5. The summed E-state index contributed by atoms with van der Waals surface area (Å²) in [6.07, 6.45) is 3.73. The Morgan fingerprint density at radius 3 is 2.36 bits per heavy atom. The van der Waals surface area contributed by atoms with Crippen LogP contribution in [0.25, 0.3) is 6.08 Å². The van der Waals surface area contributed by atoms with Gasteiger partial charge < -0.3 is 14.7 Å². The quantitative estimate of drug-likeness (QED) is 0.460. The Balaban J connectivity index is 1.82. The lowest BCUT2D eigenvalue weighted by molar-refractivity contribution is -0.131. The molecule has 0 bridgehead atoms. The van der Waals surface area contributed by atoms with Gasteiger partial charge in [-0.25, -0.2) is 4.79 Å². The highest BCUT2D eigenvalue weighted by molar-refractivity contribution is 5.85. The highest BCUT2D eigenvalue weighted by Gasteiger charge is 2.40. The van der Waals surface area contributed by atoms with Crippen LogP contribution in [0.5, 0.6) is 5.75 Å². The number of anilines is 1. The summed E-state index contributed by atoms with van der Waals surface area (Å²) < 4.78 is 5.49. The molecule has 3 aromatic rings. The number of nitrogens with zero attached hydrogens (tertiary/aromatic N) is 1. The highest BCUT2D eigenvalue weighted by Crippen LogP contribution is 2.44. The number of carboxylic acid groups (broad SMARTS) is 1. The van der Waals surface area contributed by atoms with Crippen molar-refractivity contribution in [3.05, 3.63) is 101 Å². The Labute approximate surface area is 196 Å². The Hall–Kier alpha value is -3.53. The van der Waals surface area contributed by atoms with Crippen LogP contribution in [0.15, 0.2) is 72.8 Å². The van der Waals surface area contributed by atoms with Crippen LogP contribution in [0.3, 0.4) is 0 Å². The molecule has 4 nitrogen and oxygen atoms in total. The van der Waals surface area contributed by atoms with Crippen LogP contribution < -0.4 is 9.64 Å². The number of carbonyl (C=O) groups is 1. The molecule has 4 heteroatoms. The monoisotopic (exact) mass is 441 g/mol. The standard InChI is InChI=1S/C29H31NO3/c1-20(2)22-8-12-25(13-9-22)30-18-17-23-19-26(33-4)14-15-27(23)29(30,3)24-10-5-21(6-11-24)7-16-28(31)32/h5-16,19-20H,17-18H2,1-4H3,(H,31,32)/b16-7+. The number of hydrogen-bond donors (Lipinski definition) is 1. The SMILES string of the molecule is COc1ccc2c(c1)CCN(c1ccc(C(C)C)cc1)C2(C)c1ccc(/C=C/C(=O)O)cc1. The lowest BCUT2D eigenvalue weighted by Crippen LogP contribution is -2.49. The molecule has 4 rings (SSSR count). The molecule has 1 unspecified atom stereocenters. The average Bonchev–Trinajstić information content (AvgIpc) is 2.83. The Morgan fingerprint density at radius 2 is 1.76 bits per heavy atom. The number of hydrogen-bond acceptors (Lipinski definition) is 3. The minimum Gasteiger partial charge on any atom is -0.497 e. The lowest BCUT2D eigenvalue weighted by Gasteiger charge is -2.48. The summed E-state index contributed by atoms with van der Waals surface area (Å²) in [5, 5.41) is 8.94. The summed E-state index contributed by atoms with van der Waals surface area (Å²) >= 11 is 0. The van der Waals surface area contributed by atoms with Gasteiger partial charge in [0, 0.05) is 18.3 Å². The zero-order valence-electron chi connectivity index (χ0n) is 19.7. The number of fused-ring (bicyclic) bond motifs is 1. The topological polar surface area (TPSA) is 49.8 Å². The lowest BCUT2D eigenvalue weighted by atomic mass is 9.76. The first kappa shape index (κ1) is 22.7. The van der Waals surface area contributed by atoms with E-state index >= 15 is 0 Å². The second kappa shape index (κ2) is 9.14. The van der Waals surface area contributed by atoms with Gasteiger partial charge in [-0.15, -0.1) is 0 Å². The molecule has 0 aliphatic carbocycles.